The van der Waals surface area contributed by atoms with Crippen LogP contribution in [0, 0.1) is 0 Å². The lowest BCUT2D eigenvalue weighted by Crippen LogP contribution is -2.50. The number of esters is 2. The van der Waals surface area contributed by atoms with Crippen LogP contribution in [0.5, 0.6) is 0 Å². The normalized spacial score (nSPS) is 16.0. The van der Waals surface area contributed by atoms with E-state index >= 15 is 0 Å². The monoisotopic (exact) mass is 328 g/mol. The van der Waals surface area contributed by atoms with E-state index in [9.17, 15) is 30.0 Å². The van der Waals surface area contributed by atoms with Crippen LogP contribution in [0.15, 0.2) is 30.3 Å². The van der Waals surface area contributed by atoms with Crippen molar-refractivity contribution in [1.29, 1.82) is 0 Å². The van der Waals surface area contributed by atoms with Gasteiger partial charge in [-0.2, -0.15) is 0 Å². The lowest BCUT2D eigenvalue weighted by molar-refractivity contribution is -0.179. The van der Waals surface area contributed by atoms with Crippen molar-refractivity contribution in [1.82, 2.24) is 0 Å². The number of hydrogen-bond acceptors (Lipinski definition) is 8. The van der Waals surface area contributed by atoms with Crippen LogP contribution in [-0.4, -0.2) is 63.4 Å². The second kappa shape index (κ2) is 9.21. The Morgan fingerprint density at radius 3 is 1.87 bits per heavy atom. The van der Waals surface area contributed by atoms with Crippen molar-refractivity contribution in [3.8, 4) is 0 Å². The van der Waals surface area contributed by atoms with Gasteiger partial charge in [-0.1, -0.05) is 30.3 Å². The average Bonchev–Trinajstić information content (AvgIpc) is 2.58. The van der Waals surface area contributed by atoms with Crippen LogP contribution in [-0.2, 0) is 25.7 Å². The van der Waals surface area contributed by atoms with E-state index in [4.69, 9.17) is 4.74 Å². The highest BCUT2D eigenvalue weighted by molar-refractivity contribution is 5.77. The quantitative estimate of drug-likeness (QED) is 0.434. The van der Waals surface area contributed by atoms with E-state index in [1.165, 1.54) is 6.92 Å². The zero-order valence-electron chi connectivity index (χ0n) is 12.5. The minimum atomic E-state index is -2.13. The van der Waals surface area contributed by atoms with Gasteiger partial charge in [-0.25, -0.2) is 9.59 Å². The molecule has 0 aromatic heterocycles. The third kappa shape index (κ3) is 5.61. The van der Waals surface area contributed by atoms with Gasteiger partial charge in [-0.3, -0.25) is 0 Å². The molecule has 0 bridgehead atoms. The molecule has 128 valence electrons. The summed E-state index contributed by atoms with van der Waals surface area (Å²) < 4.78 is 9.25. The molecule has 0 fully saturated rings. The molecule has 0 aliphatic rings. The molecule has 4 N–H and O–H groups in total. The molecule has 4 atom stereocenters. The van der Waals surface area contributed by atoms with E-state index in [-0.39, 0.29) is 13.2 Å². The summed E-state index contributed by atoms with van der Waals surface area (Å²) >= 11 is 0. The van der Waals surface area contributed by atoms with Gasteiger partial charge >= 0.3 is 11.9 Å². The van der Waals surface area contributed by atoms with Gasteiger partial charge in [0.2, 0.25) is 0 Å². The minimum absolute atomic E-state index is 0.0413. The highest BCUT2D eigenvalue weighted by Gasteiger charge is 2.38. The Kier molecular flexibility index (Phi) is 7.63. The summed E-state index contributed by atoms with van der Waals surface area (Å²) in [5.74, 6) is -2.37. The molecule has 0 spiro atoms. The van der Waals surface area contributed by atoms with Crippen LogP contribution in [0.25, 0.3) is 0 Å². The molecule has 1 aromatic rings. The minimum Gasteiger partial charge on any atom is -0.464 e. The molecule has 1 aromatic carbocycles. The number of aliphatic hydroxyl groups is 4. The van der Waals surface area contributed by atoms with Crippen molar-refractivity contribution in [3.63, 3.8) is 0 Å². The molecular weight excluding hydrogens is 308 g/mol. The van der Waals surface area contributed by atoms with E-state index in [1.54, 1.807) is 30.3 Å². The van der Waals surface area contributed by atoms with Gasteiger partial charge in [0.25, 0.3) is 0 Å². The fourth-order valence-electron chi connectivity index (χ4n) is 1.69. The molecule has 1 rings (SSSR count). The maximum absolute atomic E-state index is 11.6. The molecule has 0 aliphatic carbocycles. The molecule has 0 heterocycles. The van der Waals surface area contributed by atoms with Crippen LogP contribution in [0.2, 0.25) is 0 Å². The topological polar surface area (TPSA) is 134 Å². The van der Waals surface area contributed by atoms with E-state index in [0.29, 0.717) is 5.56 Å². The number of benzene rings is 1. The van der Waals surface area contributed by atoms with Gasteiger partial charge in [0.05, 0.1) is 6.61 Å². The van der Waals surface area contributed by atoms with E-state index < -0.39 is 36.4 Å². The maximum atomic E-state index is 11.6. The first kappa shape index (κ1) is 19.0. The van der Waals surface area contributed by atoms with Gasteiger partial charge in [0.15, 0.2) is 12.2 Å². The molecule has 0 amide bonds. The summed E-state index contributed by atoms with van der Waals surface area (Å²) in [6, 6.07) is 8.61. The predicted molar refractivity (Wildman–Crippen MR) is 76.9 cm³/mol. The smallest absolute Gasteiger partial charge is 0.338 e. The second-order valence-electron chi connectivity index (χ2n) is 4.72. The van der Waals surface area contributed by atoms with Crippen molar-refractivity contribution in [2.75, 3.05) is 6.61 Å². The molecule has 0 radical (unpaired) electrons. The van der Waals surface area contributed by atoms with Crippen molar-refractivity contribution < 1.29 is 39.5 Å². The Morgan fingerprint density at radius 1 is 0.913 bits per heavy atom. The number of ether oxygens (including phenoxy) is 2. The fraction of sp³-hybridized carbons (Fsp3) is 0.467. The SMILES string of the molecule is CCOC(=O)[C@H](O)[C@@H](O)[C@H](O)[C@@H](O)C(=O)OCc1ccccc1. The zero-order chi connectivity index (χ0) is 17.4. The number of carbonyl (C=O) groups is 2. The number of aliphatic hydroxyl groups excluding tert-OH is 4. The maximum Gasteiger partial charge on any atom is 0.338 e. The van der Waals surface area contributed by atoms with E-state index in [0.717, 1.165) is 0 Å². The van der Waals surface area contributed by atoms with Gasteiger partial charge in [0.1, 0.15) is 18.8 Å². The van der Waals surface area contributed by atoms with Crippen LogP contribution >= 0.6 is 0 Å². The predicted octanol–water partition coefficient (Wildman–Crippen LogP) is -1.26. The molecular formula is C15H20O8. The van der Waals surface area contributed by atoms with Gasteiger partial charge in [-0.05, 0) is 12.5 Å². The third-order valence-corrected chi connectivity index (χ3v) is 2.99. The Morgan fingerprint density at radius 2 is 1.39 bits per heavy atom. The van der Waals surface area contributed by atoms with Crippen LogP contribution in [0.1, 0.15) is 12.5 Å². The summed E-state index contributed by atoms with van der Waals surface area (Å²) in [5.41, 5.74) is 0.662. The number of rotatable bonds is 8. The van der Waals surface area contributed by atoms with Crippen molar-refractivity contribution in [2.45, 2.75) is 37.9 Å². The molecule has 8 nitrogen and oxygen atoms in total. The van der Waals surface area contributed by atoms with E-state index in [2.05, 4.69) is 4.74 Å². The Bertz CT molecular complexity index is 503. The summed E-state index contributed by atoms with van der Waals surface area (Å²) in [5, 5.41) is 38.4. The first-order valence-corrected chi connectivity index (χ1v) is 6.98. The first-order chi connectivity index (χ1) is 10.9. The van der Waals surface area contributed by atoms with Crippen LogP contribution in [0.4, 0.5) is 0 Å². The van der Waals surface area contributed by atoms with Crippen LogP contribution in [0.3, 0.4) is 0 Å². The molecule has 0 aliphatic heterocycles. The Balaban J connectivity index is 2.55. The molecule has 8 heteroatoms. The fourth-order valence-corrected chi connectivity index (χ4v) is 1.69. The zero-order valence-corrected chi connectivity index (χ0v) is 12.5. The standard InChI is InChI=1S/C15H20O8/c1-2-22-14(20)12(18)10(16)11(17)13(19)15(21)23-8-9-6-4-3-5-7-9/h3-7,10-13,16-19H,2,8H2,1H3/t10-,11-,12+,13+/m0/s1. The molecule has 23 heavy (non-hydrogen) atoms. The Labute approximate surface area is 132 Å². The number of carbonyl (C=O) groups excluding carboxylic acids is 2. The van der Waals surface area contributed by atoms with Gasteiger partial charge in [-0.15, -0.1) is 0 Å². The lowest BCUT2D eigenvalue weighted by Gasteiger charge is -2.24. The summed E-state index contributed by atoms with van der Waals surface area (Å²) in [6.45, 7) is 1.31. The average molecular weight is 328 g/mol. The van der Waals surface area contributed by atoms with Crippen molar-refractivity contribution in [2.24, 2.45) is 0 Å². The van der Waals surface area contributed by atoms with Gasteiger partial charge in [0, 0.05) is 0 Å². The number of hydrogen-bond donors (Lipinski definition) is 4. The van der Waals surface area contributed by atoms with Crippen LogP contribution < -0.4 is 0 Å². The Hall–Kier alpha value is -2.00. The third-order valence-electron chi connectivity index (χ3n) is 2.99. The molecule has 0 saturated heterocycles. The van der Waals surface area contributed by atoms with Crippen molar-refractivity contribution >= 4 is 11.9 Å². The second-order valence-corrected chi connectivity index (χ2v) is 4.72. The first-order valence-electron chi connectivity index (χ1n) is 6.98. The highest BCUT2D eigenvalue weighted by atomic mass is 16.6. The summed E-state index contributed by atoms with van der Waals surface area (Å²) in [6.07, 6.45) is -8.44. The molecule has 0 saturated carbocycles. The largest absolute Gasteiger partial charge is 0.464 e. The summed E-state index contributed by atoms with van der Waals surface area (Å²) in [4.78, 5) is 22.9. The van der Waals surface area contributed by atoms with Gasteiger partial charge < -0.3 is 29.9 Å². The molecule has 0 unspecified atom stereocenters. The summed E-state index contributed by atoms with van der Waals surface area (Å²) in [7, 11) is 0. The highest BCUT2D eigenvalue weighted by Crippen LogP contribution is 2.10. The van der Waals surface area contributed by atoms with Crippen molar-refractivity contribution in [3.05, 3.63) is 35.9 Å². The lowest BCUT2D eigenvalue weighted by atomic mass is 10.0. The van der Waals surface area contributed by atoms with E-state index in [1.807, 2.05) is 0 Å².